The Balaban J connectivity index is 2.01. The highest BCUT2D eigenvalue weighted by Crippen LogP contribution is 2.48. The van der Waals surface area contributed by atoms with Gasteiger partial charge in [0.1, 0.15) is 0 Å². The number of carbonyl (C=O) groups excluding carboxylic acids is 1. The molecule has 0 bridgehead atoms. The third kappa shape index (κ3) is 2.91. The monoisotopic (exact) mass is 384 g/mol. The molecule has 4 aromatic carbocycles. The van der Waals surface area contributed by atoms with E-state index in [-0.39, 0.29) is 5.52 Å². The van der Waals surface area contributed by atoms with Crippen LogP contribution in [0.5, 0.6) is 0 Å². The van der Waals surface area contributed by atoms with Crippen molar-refractivity contribution < 1.29 is 9.36 Å². The van der Waals surface area contributed by atoms with Crippen LogP contribution in [0.1, 0.15) is 21.5 Å². The number of hydrogen-bond donors (Lipinski definition) is 0. The maximum atomic E-state index is 14.4. The first kappa shape index (κ1) is 18.4. The lowest BCUT2D eigenvalue weighted by atomic mass is 9.96. The van der Waals surface area contributed by atoms with E-state index in [9.17, 15) is 9.36 Å². The predicted octanol–water partition coefficient (Wildman–Crippen LogP) is 5.61. The van der Waals surface area contributed by atoms with Gasteiger partial charge in [0, 0.05) is 16.2 Å². The fraction of sp³-hybridized carbons (Fsp3) is 0.0800. The maximum Gasteiger partial charge on any atom is 0.230 e. The zero-order valence-electron chi connectivity index (χ0n) is 15.9. The molecule has 0 aliphatic rings. The van der Waals surface area contributed by atoms with E-state index in [0.717, 1.165) is 21.9 Å². The van der Waals surface area contributed by atoms with E-state index in [1.165, 1.54) is 0 Å². The van der Waals surface area contributed by atoms with E-state index in [1.54, 1.807) is 24.3 Å². The quantitative estimate of drug-likeness (QED) is 0.429. The second-order valence-electron chi connectivity index (χ2n) is 7.00. The summed E-state index contributed by atoms with van der Waals surface area (Å²) in [7, 11) is -3.51. The normalized spacial score (nSPS) is 11.5. The molecule has 0 heterocycles. The Labute approximate surface area is 165 Å². The van der Waals surface area contributed by atoms with Crippen LogP contribution in [0.15, 0.2) is 91.0 Å². The number of hydrogen-bond acceptors (Lipinski definition) is 2. The van der Waals surface area contributed by atoms with Crippen molar-refractivity contribution in [1.29, 1.82) is 0 Å². The average molecular weight is 384 g/mol. The lowest BCUT2D eigenvalue weighted by Gasteiger charge is -2.21. The molecule has 138 valence electrons. The van der Waals surface area contributed by atoms with Crippen LogP contribution in [0, 0.1) is 13.8 Å². The number of rotatable bonds is 4. The van der Waals surface area contributed by atoms with Crippen LogP contribution in [0.25, 0.3) is 10.8 Å². The topological polar surface area (TPSA) is 34.1 Å². The van der Waals surface area contributed by atoms with E-state index < -0.39 is 7.14 Å². The zero-order chi connectivity index (χ0) is 19.7. The molecular weight excluding hydrogens is 363 g/mol. The predicted molar refractivity (Wildman–Crippen MR) is 118 cm³/mol. The van der Waals surface area contributed by atoms with Gasteiger partial charge in [0.25, 0.3) is 0 Å². The van der Waals surface area contributed by atoms with Crippen molar-refractivity contribution in [1.82, 2.24) is 0 Å². The van der Waals surface area contributed by atoms with Crippen LogP contribution in [0.3, 0.4) is 0 Å². The minimum Gasteiger partial charge on any atom is -0.305 e. The molecule has 28 heavy (non-hydrogen) atoms. The summed E-state index contributed by atoms with van der Waals surface area (Å²) in [6.45, 7) is 3.87. The molecule has 0 fully saturated rings. The van der Waals surface area contributed by atoms with Crippen LogP contribution in [0.2, 0.25) is 0 Å². The van der Waals surface area contributed by atoms with Gasteiger partial charge in [-0.3, -0.25) is 4.79 Å². The molecule has 0 aromatic heterocycles. The van der Waals surface area contributed by atoms with Crippen LogP contribution >= 0.6 is 7.14 Å². The molecule has 2 nitrogen and oxygen atoms in total. The van der Waals surface area contributed by atoms with Gasteiger partial charge in [0.15, 0.2) is 0 Å². The van der Waals surface area contributed by atoms with Gasteiger partial charge >= 0.3 is 0 Å². The van der Waals surface area contributed by atoms with Gasteiger partial charge < -0.3 is 4.57 Å². The zero-order valence-corrected chi connectivity index (χ0v) is 16.8. The molecule has 0 N–H and O–H groups in total. The molecule has 0 spiro atoms. The van der Waals surface area contributed by atoms with Gasteiger partial charge in [0.2, 0.25) is 12.7 Å². The molecular formula is C25H21O2P. The summed E-state index contributed by atoms with van der Waals surface area (Å²) in [6, 6.07) is 28.2. The highest BCUT2D eigenvalue weighted by atomic mass is 31.2. The molecule has 0 amide bonds. The summed E-state index contributed by atoms with van der Waals surface area (Å²) in [6.07, 6.45) is 0. The standard InChI is InChI=1S/C25H21O2P/c1-18-17-20-11-9-10-16-23(20)19(2)24(18)25(26)28(27,21-12-5-3-6-13-21)22-14-7-4-8-15-22/h3-17H,1-2H3. The van der Waals surface area contributed by atoms with Gasteiger partial charge in [-0.1, -0.05) is 91.0 Å². The third-order valence-corrected chi connectivity index (χ3v) is 8.09. The number of benzene rings is 4. The molecule has 4 aromatic rings. The number of fused-ring (bicyclic) bond motifs is 1. The van der Waals surface area contributed by atoms with Gasteiger partial charge in [-0.05, 0) is 35.7 Å². The second-order valence-corrected chi connectivity index (χ2v) is 9.66. The molecule has 4 rings (SSSR count). The Kier molecular flexibility index (Phi) is 4.75. The molecule has 0 saturated carbocycles. The first-order valence-corrected chi connectivity index (χ1v) is 11.0. The Morgan fingerprint density at radius 3 is 1.79 bits per heavy atom. The Bertz CT molecular complexity index is 1170. The van der Waals surface area contributed by atoms with Crippen LogP contribution < -0.4 is 10.6 Å². The maximum absolute atomic E-state index is 14.4. The van der Waals surface area contributed by atoms with Crippen molar-refractivity contribution >= 4 is 34.0 Å². The van der Waals surface area contributed by atoms with E-state index in [0.29, 0.717) is 16.2 Å². The van der Waals surface area contributed by atoms with Crippen molar-refractivity contribution in [3.05, 3.63) is 108 Å². The lowest BCUT2D eigenvalue weighted by Crippen LogP contribution is -2.23. The first-order chi connectivity index (χ1) is 13.5. The van der Waals surface area contributed by atoms with Crippen molar-refractivity contribution in [3.63, 3.8) is 0 Å². The Hall–Kier alpha value is -2.96. The summed E-state index contributed by atoms with van der Waals surface area (Å²) in [5, 5.41) is 3.24. The average Bonchev–Trinajstić information content (AvgIpc) is 2.74. The van der Waals surface area contributed by atoms with E-state index in [2.05, 4.69) is 0 Å². The Morgan fingerprint density at radius 2 is 1.21 bits per heavy atom. The SMILES string of the molecule is Cc1cc2ccccc2c(C)c1C(=O)P(=O)(c1ccccc1)c1ccccc1. The molecule has 0 unspecified atom stereocenters. The van der Waals surface area contributed by atoms with E-state index in [4.69, 9.17) is 0 Å². The second kappa shape index (κ2) is 7.22. The van der Waals surface area contributed by atoms with Crippen LogP contribution in [-0.4, -0.2) is 5.52 Å². The third-order valence-electron chi connectivity index (χ3n) is 5.25. The molecule has 0 atom stereocenters. The molecule has 0 radical (unpaired) electrons. The highest BCUT2D eigenvalue weighted by molar-refractivity contribution is 7.93. The molecule has 0 saturated heterocycles. The van der Waals surface area contributed by atoms with Crippen molar-refractivity contribution in [3.8, 4) is 0 Å². The summed E-state index contributed by atoms with van der Waals surface area (Å²) in [4.78, 5) is 13.9. The van der Waals surface area contributed by atoms with Crippen molar-refractivity contribution in [2.75, 3.05) is 0 Å². The fourth-order valence-corrected chi connectivity index (χ4v) is 6.46. The summed E-state index contributed by atoms with van der Waals surface area (Å²) >= 11 is 0. The molecule has 3 heteroatoms. The van der Waals surface area contributed by atoms with Gasteiger partial charge in [-0.15, -0.1) is 0 Å². The minimum atomic E-state index is -3.51. The number of carbonyl (C=O) groups is 1. The van der Waals surface area contributed by atoms with Gasteiger partial charge in [-0.25, -0.2) is 0 Å². The van der Waals surface area contributed by atoms with Gasteiger partial charge in [0.05, 0.1) is 0 Å². The van der Waals surface area contributed by atoms with Crippen LogP contribution in [-0.2, 0) is 4.57 Å². The van der Waals surface area contributed by atoms with E-state index in [1.807, 2.05) is 80.6 Å². The summed E-state index contributed by atoms with van der Waals surface area (Å²) in [5.41, 5.74) is 2.00. The summed E-state index contributed by atoms with van der Waals surface area (Å²) in [5.74, 6) is 0. The largest absolute Gasteiger partial charge is 0.305 e. The minimum absolute atomic E-state index is 0.300. The smallest absolute Gasteiger partial charge is 0.230 e. The summed E-state index contributed by atoms with van der Waals surface area (Å²) < 4.78 is 14.4. The van der Waals surface area contributed by atoms with Crippen molar-refractivity contribution in [2.45, 2.75) is 13.8 Å². The van der Waals surface area contributed by atoms with E-state index >= 15 is 0 Å². The molecule has 0 aliphatic carbocycles. The molecule has 0 aliphatic heterocycles. The highest BCUT2D eigenvalue weighted by Gasteiger charge is 2.38. The van der Waals surface area contributed by atoms with Crippen LogP contribution in [0.4, 0.5) is 0 Å². The van der Waals surface area contributed by atoms with Crippen molar-refractivity contribution in [2.24, 2.45) is 0 Å². The first-order valence-electron chi connectivity index (χ1n) is 9.28. The fourth-order valence-electron chi connectivity index (χ4n) is 3.85. The Morgan fingerprint density at radius 1 is 0.714 bits per heavy atom. The lowest BCUT2D eigenvalue weighted by molar-refractivity contribution is 0.107. The number of aryl methyl sites for hydroxylation is 2. The van der Waals surface area contributed by atoms with Gasteiger partial charge in [-0.2, -0.15) is 0 Å².